The first-order valence-corrected chi connectivity index (χ1v) is 11.1. The van der Waals surface area contributed by atoms with E-state index in [0.29, 0.717) is 16.0 Å². The Balaban J connectivity index is 1.51. The van der Waals surface area contributed by atoms with Crippen molar-refractivity contribution in [1.29, 1.82) is 0 Å². The van der Waals surface area contributed by atoms with Crippen LogP contribution < -0.4 is 5.32 Å². The van der Waals surface area contributed by atoms with Crippen molar-refractivity contribution in [1.82, 2.24) is 9.97 Å². The van der Waals surface area contributed by atoms with E-state index in [4.69, 9.17) is 28.2 Å². The molecular weight excluding hydrogens is 425 g/mol. The van der Waals surface area contributed by atoms with Crippen LogP contribution in [-0.2, 0) is 12.8 Å². The highest BCUT2D eigenvalue weighted by atomic mass is 35.5. The normalized spacial score (nSPS) is 14.6. The van der Waals surface area contributed by atoms with E-state index in [2.05, 4.69) is 71.8 Å². The number of rotatable bonds is 4. The summed E-state index contributed by atoms with van der Waals surface area (Å²) in [6.45, 7) is 2.15. The van der Waals surface area contributed by atoms with Gasteiger partial charge in [-0.05, 0) is 59.4 Å². The van der Waals surface area contributed by atoms with Crippen LogP contribution in [0.1, 0.15) is 35.1 Å². The number of hydrogen-bond acceptors (Lipinski definition) is 3. The molecule has 5 heteroatoms. The molecule has 0 saturated heterocycles. The van der Waals surface area contributed by atoms with Gasteiger partial charge in [-0.3, -0.25) is 0 Å². The van der Waals surface area contributed by atoms with Crippen molar-refractivity contribution >= 4 is 34.8 Å². The van der Waals surface area contributed by atoms with Crippen LogP contribution in [-0.4, -0.2) is 9.97 Å². The molecule has 0 radical (unpaired) electrons. The number of aryl methyl sites for hydroxylation is 1. The standard InChI is InChI=1S/C26H21Cl2N3/c1-2-16-7-10-19(11-8-16)30-26-29-15-18-13-22(17-9-12-23(27)24(28)14-17)20-5-3-4-6-21(20)25(18)31-26/h3-12,14-15,22H,2,13H2,1H3,(H,29,30,31)/t22-/m1/s1. The van der Waals surface area contributed by atoms with Crippen molar-refractivity contribution < 1.29 is 0 Å². The van der Waals surface area contributed by atoms with Crippen LogP contribution in [0.3, 0.4) is 0 Å². The highest BCUT2D eigenvalue weighted by Crippen LogP contribution is 2.42. The summed E-state index contributed by atoms with van der Waals surface area (Å²) in [6.07, 6.45) is 3.77. The van der Waals surface area contributed by atoms with Crippen molar-refractivity contribution in [3.05, 3.63) is 105 Å². The van der Waals surface area contributed by atoms with Gasteiger partial charge in [0.15, 0.2) is 0 Å². The summed E-state index contributed by atoms with van der Waals surface area (Å²) in [5.74, 6) is 0.785. The van der Waals surface area contributed by atoms with Crippen molar-refractivity contribution in [3.63, 3.8) is 0 Å². The number of aromatic nitrogens is 2. The molecule has 1 atom stereocenters. The van der Waals surface area contributed by atoms with Crippen LogP contribution in [0, 0.1) is 0 Å². The topological polar surface area (TPSA) is 37.8 Å². The molecule has 3 aromatic carbocycles. The van der Waals surface area contributed by atoms with Crippen LogP contribution in [0.25, 0.3) is 11.3 Å². The molecule has 1 aromatic heterocycles. The fourth-order valence-electron chi connectivity index (χ4n) is 4.18. The average Bonchev–Trinajstić information content (AvgIpc) is 2.81. The molecule has 4 aromatic rings. The molecule has 0 spiro atoms. The Morgan fingerprint density at radius 2 is 1.77 bits per heavy atom. The maximum atomic E-state index is 6.31. The zero-order valence-corrected chi connectivity index (χ0v) is 18.6. The molecule has 31 heavy (non-hydrogen) atoms. The number of hydrogen-bond donors (Lipinski definition) is 1. The molecule has 3 nitrogen and oxygen atoms in total. The average molecular weight is 446 g/mol. The lowest BCUT2D eigenvalue weighted by atomic mass is 9.78. The summed E-state index contributed by atoms with van der Waals surface area (Å²) in [5, 5.41) is 4.48. The Kier molecular flexibility index (Phi) is 5.39. The number of anilines is 2. The van der Waals surface area contributed by atoms with E-state index in [0.717, 1.165) is 40.9 Å². The van der Waals surface area contributed by atoms with Crippen LogP contribution in [0.4, 0.5) is 11.6 Å². The number of fused-ring (bicyclic) bond motifs is 3. The predicted octanol–water partition coefficient (Wildman–Crippen LogP) is 7.44. The van der Waals surface area contributed by atoms with Crippen LogP contribution in [0.5, 0.6) is 0 Å². The summed E-state index contributed by atoms with van der Waals surface area (Å²) in [6, 6.07) is 22.7. The minimum absolute atomic E-state index is 0.183. The Labute approximate surface area is 192 Å². The van der Waals surface area contributed by atoms with E-state index in [9.17, 15) is 0 Å². The minimum Gasteiger partial charge on any atom is -0.324 e. The quantitative estimate of drug-likeness (QED) is 0.354. The van der Waals surface area contributed by atoms with Crippen molar-refractivity contribution in [2.24, 2.45) is 0 Å². The highest BCUT2D eigenvalue weighted by molar-refractivity contribution is 6.42. The van der Waals surface area contributed by atoms with Gasteiger partial charge in [0.1, 0.15) is 0 Å². The van der Waals surface area contributed by atoms with E-state index < -0.39 is 0 Å². The highest BCUT2D eigenvalue weighted by Gasteiger charge is 2.27. The Morgan fingerprint density at radius 1 is 0.968 bits per heavy atom. The van der Waals surface area contributed by atoms with Gasteiger partial charge in [-0.25, -0.2) is 9.97 Å². The van der Waals surface area contributed by atoms with Gasteiger partial charge in [0.2, 0.25) is 5.95 Å². The van der Waals surface area contributed by atoms with Crippen LogP contribution in [0.15, 0.2) is 72.9 Å². The zero-order chi connectivity index (χ0) is 21.4. The van der Waals surface area contributed by atoms with Gasteiger partial charge < -0.3 is 5.32 Å². The molecule has 0 fully saturated rings. The Morgan fingerprint density at radius 3 is 2.55 bits per heavy atom. The van der Waals surface area contributed by atoms with E-state index in [-0.39, 0.29) is 5.92 Å². The van der Waals surface area contributed by atoms with Gasteiger partial charge in [-0.1, -0.05) is 72.6 Å². The van der Waals surface area contributed by atoms with Crippen molar-refractivity contribution in [2.75, 3.05) is 5.32 Å². The summed E-state index contributed by atoms with van der Waals surface area (Å²) in [5.41, 5.74) is 7.91. The first-order valence-electron chi connectivity index (χ1n) is 10.4. The van der Waals surface area contributed by atoms with Gasteiger partial charge in [-0.15, -0.1) is 0 Å². The van der Waals surface area contributed by atoms with Crippen molar-refractivity contribution in [3.8, 4) is 11.3 Å². The van der Waals surface area contributed by atoms with E-state index in [1.807, 2.05) is 18.3 Å². The second-order valence-electron chi connectivity index (χ2n) is 7.76. The third-order valence-electron chi connectivity index (χ3n) is 5.84. The lowest BCUT2D eigenvalue weighted by Gasteiger charge is -2.27. The number of nitrogens with zero attached hydrogens (tertiary/aromatic N) is 2. The number of nitrogens with one attached hydrogen (secondary N) is 1. The summed E-state index contributed by atoms with van der Waals surface area (Å²) < 4.78 is 0. The molecule has 154 valence electrons. The fraction of sp³-hybridized carbons (Fsp3) is 0.154. The Hall–Kier alpha value is -2.88. The molecule has 0 bridgehead atoms. The van der Waals surface area contributed by atoms with Crippen molar-refractivity contribution in [2.45, 2.75) is 25.7 Å². The minimum atomic E-state index is 0.183. The molecule has 0 saturated carbocycles. The second-order valence-corrected chi connectivity index (χ2v) is 8.57. The molecule has 1 aliphatic carbocycles. The summed E-state index contributed by atoms with van der Waals surface area (Å²) >= 11 is 12.5. The molecule has 1 heterocycles. The maximum absolute atomic E-state index is 6.31. The lowest BCUT2D eigenvalue weighted by molar-refractivity contribution is 0.782. The first kappa shape index (κ1) is 20.0. The monoisotopic (exact) mass is 445 g/mol. The predicted molar refractivity (Wildman–Crippen MR) is 129 cm³/mol. The third kappa shape index (κ3) is 3.91. The molecule has 0 amide bonds. The maximum Gasteiger partial charge on any atom is 0.227 e. The van der Waals surface area contributed by atoms with Gasteiger partial charge in [-0.2, -0.15) is 0 Å². The first-order chi connectivity index (χ1) is 15.1. The summed E-state index contributed by atoms with van der Waals surface area (Å²) in [7, 11) is 0. The Bertz CT molecular complexity index is 1250. The zero-order valence-electron chi connectivity index (χ0n) is 17.1. The third-order valence-corrected chi connectivity index (χ3v) is 6.58. The van der Waals surface area contributed by atoms with Crippen LogP contribution in [0.2, 0.25) is 10.0 Å². The number of benzene rings is 3. The molecule has 5 rings (SSSR count). The SMILES string of the molecule is CCc1ccc(Nc2ncc3c(n2)-c2ccccc2[C@@H](c2ccc(Cl)c(Cl)c2)C3)cc1. The molecule has 0 aliphatic heterocycles. The number of halogens is 2. The van der Waals surface area contributed by atoms with E-state index in [1.54, 1.807) is 0 Å². The van der Waals surface area contributed by atoms with Gasteiger partial charge in [0.05, 0.1) is 15.7 Å². The fourth-order valence-corrected chi connectivity index (χ4v) is 4.48. The van der Waals surface area contributed by atoms with Gasteiger partial charge in [0.25, 0.3) is 0 Å². The van der Waals surface area contributed by atoms with E-state index in [1.165, 1.54) is 11.1 Å². The molecule has 0 unspecified atom stereocenters. The summed E-state index contributed by atoms with van der Waals surface area (Å²) in [4.78, 5) is 9.48. The molecular formula is C26H21Cl2N3. The second kappa shape index (κ2) is 8.33. The van der Waals surface area contributed by atoms with E-state index >= 15 is 0 Å². The largest absolute Gasteiger partial charge is 0.324 e. The molecule has 1 N–H and O–H groups in total. The molecule has 1 aliphatic rings. The lowest BCUT2D eigenvalue weighted by Crippen LogP contribution is -2.15. The van der Waals surface area contributed by atoms with Crippen LogP contribution >= 0.6 is 23.2 Å². The van der Waals surface area contributed by atoms with Gasteiger partial charge in [0, 0.05) is 23.4 Å². The smallest absolute Gasteiger partial charge is 0.227 e. The van der Waals surface area contributed by atoms with Gasteiger partial charge >= 0.3 is 0 Å².